The van der Waals surface area contributed by atoms with Crippen LogP contribution >= 0.6 is 0 Å². The van der Waals surface area contributed by atoms with Gasteiger partial charge in [0.1, 0.15) is 5.82 Å². The van der Waals surface area contributed by atoms with Crippen molar-refractivity contribution in [3.05, 3.63) is 36.3 Å². The molecule has 0 unspecified atom stereocenters. The van der Waals surface area contributed by atoms with E-state index in [0.29, 0.717) is 5.41 Å². The van der Waals surface area contributed by atoms with E-state index in [1.165, 1.54) is 75.4 Å². The van der Waals surface area contributed by atoms with Gasteiger partial charge in [0.05, 0.1) is 5.52 Å². The molecule has 3 aliphatic rings. The number of H-pyrrole nitrogens is 1. The van der Waals surface area contributed by atoms with Crippen molar-refractivity contribution < 1.29 is 0 Å². The van der Waals surface area contributed by atoms with E-state index in [-0.39, 0.29) is 5.41 Å². The van der Waals surface area contributed by atoms with Crippen LogP contribution in [0.15, 0.2) is 30.5 Å². The van der Waals surface area contributed by atoms with E-state index >= 15 is 0 Å². The molecule has 2 bridgehead atoms. The monoisotopic (exact) mass is 376 g/mol. The molecular formula is C24H32N4. The third-order valence-corrected chi connectivity index (χ3v) is 7.89. The molecule has 2 aromatic heterocycles. The van der Waals surface area contributed by atoms with Crippen LogP contribution in [0.25, 0.3) is 22.3 Å². The molecule has 2 heterocycles. The van der Waals surface area contributed by atoms with Crippen LogP contribution in [-0.2, 0) is 12.5 Å². The SMILES string of the molecule is CCCCCC12CCC(c3nnc(-c4cccc5cc[nH]c45)n3C)(CC1)CC2. The predicted molar refractivity (Wildman–Crippen MR) is 114 cm³/mol. The number of aromatic amines is 1. The van der Waals surface area contributed by atoms with Gasteiger partial charge in [0.2, 0.25) is 0 Å². The second-order valence-corrected chi connectivity index (χ2v) is 9.39. The van der Waals surface area contributed by atoms with Crippen molar-refractivity contribution in [2.75, 3.05) is 0 Å². The highest BCUT2D eigenvalue weighted by atomic mass is 15.3. The fraction of sp³-hybridized carbons (Fsp3) is 0.583. The average Bonchev–Trinajstić information content (AvgIpc) is 3.36. The highest BCUT2D eigenvalue weighted by molar-refractivity contribution is 5.92. The highest BCUT2D eigenvalue weighted by Gasteiger charge is 2.51. The van der Waals surface area contributed by atoms with E-state index in [0.717, 1.165) is 16.9 Å². The van der Waals surface area contributed by atoms with E-state index < -0.39 is 0 Å². The molecule has 0 spiro atoms. The maximum atomic E-state index is 4.77. The molecule has 3 saturated carbocycles. The molecule has 3 fully saturated rings. The Morgan fingerprint density at radius 1 is 1.00 bits per heavy atom. The summed E-state index contributed by atoms with van der Waals surface area (Å²) < 4.78 is 2.28. The van der Waals surface area contributed by atoms with Gasteiger partial charge >= 0.3 is 0 Å². The molecule has 148 valence electrons. The van der Waals surface area contributed by atoms with Crippen molar-refractivity contribution in [1.82, 2.24) is 19.7 Å². The molecule has 0 radical (unpaired) electrons. The Hall–Kier alpha value is -2.10. The lowest BCUT2D eigenvalue weighted by atomic mass is 9.52. The Kier molecular flexibility index (Phi) is 4.33. The van der Waals surface area contributed by atoms with Gasteiger partial charge in [0, 0.05) is 29.6 Å². The number of hydrogen-bond acceptors (Lipinski definition) is 2. The van der Waals surface area contributed by atoms with Crippen molar-refractivity contribution >= 4 is 10.9 Å². The number of rotatable bonds is 6. The van der Waals surface area contributed by atoms with Gasteiger partial charge in [-0.1, -0.05) is 38.3 Å². The molecule has 0 aliphatic heterocycles. The standard InChI is InChI=1S/C24H32N4/c1-3-4-5-10-23-11-14-24(15-12-23,16-13-23)22-27-26-21(28(22)2)19-8-6-7-18-9-17-25-20(18)19/h6-9,17,25H,3-5,10-16H2,1-2H3. The van der Waals surface area contributed by atoms with E-state index in [2.05, 4.69) is 52.9 Å². The van der Waals surface area contributed by atoms with Gasteiger partial charge in [-0.25, -0.2) is 0 Å². The smallest absolute Gasteiger partial charge is 0.165 e. The third-order valence-electron chi connectivity index (χ3n) is 7.89. The topological polar surface area (TPSA) is 46.5 Å². The van der Waals surface area contributed by atoms with Gasteiger partial charge in [0.15, 0.2) is 5.82 Å². The van der Waals surface area contributed by atoms with Gasteiger partial charge < -0.3 is 9.55 Å². The zero-order chi connectivity index (χ0) is 19.2. The lowest BCUT2D eigenvalue weighted by Crippen LogP contribution is -2.45. The van der Waals surface area contributed by atoms with E-state index in [4.69, 9.17) is 5.10 Å². The zero-order valence-corrected chi connectivity index (χ0v) is 17.3. The molecule has 0 atom stereocenters. The zero-order valence-electron chi connectivity index (χ0n) is 17.3. The second kappa shape index (κ2) is 6.75. The number of fused-ring (bicyclic) bond motifs is 4. The largest absolute Gasteiger partial charge is 0.361 e. The Labute approximate surface area is 167 Å². The summed E-state index contributed by atoms with van der Waals surface area (Å²) in [6.45, 7) is 2.31. The maximum Gasteiger partial charge on any atom is 0.165 e. The molecule has 0 amide bonds. The van der Waals surface area contributed by atoms with E-state index in [9.17, 15) is 0 Å². The lowest BCUT2D eigenvalue weighted by molar-refractivity contribution is 0.0250. The van der Waals surface area contributed by atoms with Crippen LogP contribution in [0.3, 0.4) is 0 Å². The van der Waals surface area contributed by atoms with Crippen molar-refractivity contribution in [2.24, 2.45) is 12.5 Å². The fourth-order valence-corrected chi connectivity index (χ4v) is 6.02. The van der Waals surface area contributed by atoms with Crippen LogP contribution in [0, 0.1) is 5.41 Å². The number of benzene rings is 1. The van der Waals surface area contributed by atoms with Gasteiger partial charge in [0.25, 0.3) is 0 Å². The first kappa shape index (κ1) is 18.0. The molecule has 6 rings (SSSR count). The Bertz CT molecular complexity index is 955. The van der Waals surface area contributed by atoms with Crippen LogP contribution in [0.1, 0.15) is 77.0 Å². The van der Waals surface area contributed by atoms with E-state index in [1.54, 1.807) is 0 Å². The molecule has 28 heavy (non-hydrogen) atoms. The van der Waals surface area contributed by atoms with Gasteiger partial charge in [-0.3, -0.25) is 0 Å². The Morgan fingerprint density at radius 3 is 2.54 bits per heavy atom. The van der Waals surface area contributed by atoms with Gasteiger partial charge in [-0.15, -0.1) is 10.2 Å². The summed E-state index contributed by atoms with van der Waals surface area (Å²) in [7, 11) is 2.17. The minimum atomic E-state index is 0.246. The molecule has 4 nitrogen and oxygen atoms in total. The van der Waals surface area contributed by atoms with Crippen LogP contribution in [0.5, 0.6) is 0 Å². The van der Waals surface area contributed by atoms with Gasteiger partial charge in [-0.2, -0.15) is 0 Å². The molecule has 0 saturated heterocycles. The quantitative estimate of drug-likeness (QED) is 0.526. The van der Waals surface area contributed by atoms with Crippen LogP contribution in [0.2, 0.25) is 0 Å². The number of aromatic nitrogens is 4. The molecule has 1 N–H and O–H groups in total. The number of para-hydroxylation sites is 1. The first-order chi connectivity index (χ1) is 13.7. The summed E-state index contributed by atoms with van der Waals surface area (Å²) in [6, 6.07) is 8.54. The third kappa shape index (κ3) is 2.72. The summed E-state index contributed by atoms with van der Waals surface area (Å²) in [6.07, 6.45) is 15.6. The normalized spacial score (nSPS) is 26.9. The summed E-state index contributed by atoms with van der Waals surface area (Å²) in [5.41, 5.74) is 3.19. The average molecular weight is 377 g/mol. The summed E-state index contributed by atoms with van der Waals surface area (Å²) in [4.78, 5) is 3.38. The van der Waals surface area contributed by atoms with Crippen molar-refractivity contribution in [3.8, 4) is 11.4 Å². The predicted octanol–water partition coefficient (Wildman–Crippen LogP) is 6.14. The van der Waals surface area contributed by atoms with Crippen LogP contribution in [0.4, 0.5) is 0 Å². The van der Waals surface area contributed by atoms with Crippen molar-refractivity contribution in [1.29, 1.82) is 0 Å². The molecule has 4 heteroatoms. The Morgan fingerprint density at radius 2 is 1.79 bits per heavy atom. The number of hydrogen-bond donors (Lipinski definition) is 1. The number of unbranched alkanes of at least 4 members (excludes halogenated alkanes) is 2. The minimum absolute atomic E-state index is 0.246. The molecule has 1 aromatic carbocycles. The fourth-order valence-electron chi connectivity index (χ4n) is 6.02. The van der Waals surface area contributed by atoms with Crippen LogP contribution < -0.4 is 0 Å². The maximum absolute atomic E-state index is 4.77. The van der Waals surface area contributed by atoms with Crippen molar-refractivity contribution in [2.45, 2.75) is 76.5 Å². The molecule has 3 aliphatic carbocycles. The summed E-state index contributed by atoms with van der Waals surface area (Å²) >= 11 is 0. The van der Waals surface area contributed by atoms with E-state index in [1.807, 2.05) is 6.20 Å². The minimum Gasteiger partial charge on any atom is -0.361 e. The first-order valence-corrected chi connectivity index (χ1v) is 11.1. The summed E-state index contributed by atoms with van der Waals surface area (Å²) in [5.74, 6) is 2.20. The first-order valence-electron chi connectivity index (χ1n) is 11.1. The number of nitrogens with one attached hydrogen (secondary N) is 1. The lowest BCUT2D eigenvalue weighted by Gasteiger charge is -2.53. The van der Waals surface area contributed by atoms with Crippen LogP contribution in [-0.4, -0.2) is 19.7 Å². The van der Waals surface area contributed by atoms with Crippen molar-refractivity contribution in [3.63, 3.8) is 0 Å². The molecular weight excluding hydrogens is 344 g/mol. The summed E-state index contributed by atoms with van der Waals surface area (Å²) in [5, 5.41) is 10.7. The second-order valence-electron chi connectivity index (χ2n) is 9.39. The Balaban J connectivity index is 1.43. The molecule has 3 aromatic rings. The number of nitrogens with zero attached hydrogens (tertiary/aromatic N) is 3. The van der Waals surface area contributed by atoms with Gasteiger partial charge in [-0.05, 0) is 62.5 Å². The highest BCUT2D eigenvalue weighted by Crippen LogP contribution is 2.59.